The van der Waals surface area contributed by atoms with Gasteiger partial charge in [-0.2, -0.15) is 0 Å². The van der Waals surface area contributed by atoms with E-state index < -0.39 is 17.3 Å². The lowest BCUT2D eigenvalue weighted by Crippen LogP contribution is -2.41. The summed E-state index contributed by atoms with van der Waals surface area (Å²) in [5, 5.41) is 9.01. The molecule has 1 saturated heterocycles. The molecule has 1 aliphatic carbocycles. The molecule has 2 fully saturated rings. The van der Waals surface area contributed by atoms with Crippen molar-refractivity contribution in [2.24, 2.45) is 11.3 Å². The molecular formula is C14H21NO4. The van der Waals surface area contributed by atoms with Gasteiger partial charge in [0.15, 0.2) is 0 Å². The number of rotatable bonds is 4. The summed E-state index contributed by atoms with van der Waals surface area (Å²) in [6.45, 7) is 3.87. The second kappa shape index (κ2) is 4.94. The Morgan fingerprint density at radius 2 is 1.95 bits per heavy atom. The fourth-order valence-corrected chi connectivity index (χ4v) is 3.41. The van der Waals surface area contributed by atoms with Gasteiger partial charge >= 0.3 is 5.97 Å². The first-order valence-corrected chi connectivity index (χ1v) is 7.04. The summed E-state index contributed by atoms with van der Waals surface area (Å²) in [5.41, 5.74) is -0.543. The van der Waals surface area contributed by atoms with Crippen LogP contribution in [0.3, 0.4) is 0 Å². The molecule has 0 radical (unpaired) electrons. The number of hydrogen-bond donors (Lipinski definition) is 1. The largest absolute Gasteiger partial charge is 0.481 e. The first kappa shape index (κ1) is 14.0. The number of carbonyl (C=O) groups is 3. The second-order valence-electron chi connectivity index (χ2n) is 5.74. The van der Waals surface area contributed by atoms with Gasteiger partial charge in [-0.15, -0.1) is 0 Å². The van der Waals surface area contributed by atoms with Gasteiger partial charge in [0.25, 0.3) is 0 Å². The molecule has 2 aliphatic rings. The molecular weight excluding hydrogens is 246 g/mol. The Labute approximate surface area is 113 Å². The van der Waals surface area contributed by atoms with Crippen LogP contribution in [0.15, 0.2) is 0 Å². The van der Waals surface area contributed by atoms with Gasteiger partial charge in [-0.05, 0) is 32.1 Å². The normalized spacial score (nSPS) is 30.1. The molecule has 0 aromatic heterocycles. The van der Waals surface area contributed by atoms with Gasteiger partial charge in [0.2, 0.25) is 11.8 Å². The van der Waals surface area contributed by atoms with Crippen LogP contribution >= 0.6 is 0 Å². The minimum absolute atomic E-state index is 0.0847. The Kier molecular flexibility index (Phi) is 3.65. The van der Waals surface area contributed by atoms with Crippen LogP contribution in [0, 0.1) is 11.3 Å². The zero-order valence-electron chi connectivity index (χ0n) is 11.5. The van der Waals surface area contributed by atoms with Crippen LogP contribution in [0.2, 0.25) is 0 Å². The van der Waals surface area contributed by atoms with Gasteiger partial charge in [0, 0.05) is 12.5 Å². The standard InChI is InChI=1S/C14H21NO4/c1-3-14(4-2)8-11(16)15(13(14)19)10-6-5-9(7-10)12(17)18/h9-10H,3-8H2,1-2H3,(H,17,18). The number of nitrogens with zero attached hydrogens (tertiary/aromatic N) is 1. The molecule has 1 saturated carbocycles. The summed E-state index contributed by atoms with van der Waals surface area (Å²) in [5.74, 6) is -1.44. The average molecular weight is 267 g/mol. The fraction of sp³-hybridized carbons (Fsp3) is 0.786. The quantitative estimate of drug-likeness (QED) is 0.788. The summed E-state index contributed by atoms with van der Waals surface area (Å²) in [7, 11) is 0. The highest BCUT2D eigenvalue weighted by atomic mass is 16.4. The number of imide groups is 1. The number of amides is 2. The molecule has 0 aromatic rings. The van der Waals surface area contributed by atoms with Gasteiger partial charge in [-0.25, -0.2) is 0 Å². The van der Waals surface area contributed by atoms with Crippen molar-refractivity contribution in [3.63, 3.8) is 0 Å². The Morgan fingerprint density at radius 3 is 2.37 bits per heavy atom. The maximum absolute atomic E-state index is 12.5. The van der Waals surface area contributed by atoms with Gasteiger partial charge in [0.1, 0.15) is 0 Å². The summed E-state index contributed by atoms with van der Waals surface area (Å²) < 4.78 is 0. The molecule has 2 rings (SSSR count). The fourth-order valence-electron chi connectivity index (χ4n) is 3.41. The number of aliphatic carboxylic acids is 1. The van der Waals surface area contributed by atoms with Crippen LogP contribution < -0.4 is 0 Å². The van der Waals surface area contributed by atoms with Crippen molar-refractivity contribution in [1.82, 2.24) is 4.90 Å². The molecule has 0 aromatic carbocycles. The first-order valence-electron chi connectivity index (χ1n) is 7.04. The SMILES string of the molecule is CCC1(CC)CC(=O)N(C2CCC(C(=O)O)C2)C1=O. The highest BCUT2D eigenvalue weighted by molar-refractivity contribution is 6.06. The van der Waals surface area contributed by atoms with Crippen molar-refractivity contribution in [1.29, 1.82) is 0 Å². The van der Waals surface area contributed by atoms with E-state index in [0.29, 0.717) is 32.1 Å². The lowest BCUT2D eigenvalue weighted by atomic mass is 9.81. The topological polar surface area (TPSA) is 74.7 Å². The van der Waals surface area contributed by atoms with Gasteiger partial charge in [0.05, 0.1) is 11.3 Å². The number of carboxylic acids is 1. The third kappa shape index (κ3) is 2.15. The molecule has 5 heteroatoms. The molecule has 1 aliphatic heterocycles. The Bertz CT molecular complexity index is 414. The van der Waals surface area contributed by atoms with Crippen molar-refractivity contribution in [2.45, 2.75) is 58.4 Å². The van der Waals surface area contributed by atoms with Crippen LogP contribution in [-0.2, 0) is 14.4 Å². The van der Waals surface area contributed by atoms with Crippen molar-refractivity contribution in [2.75, 3.05) is 0 Å². The van der Waals surface area contributed by atoms with Crippen LogP contribution in [0.4, 0.5) is 0 Å². The molecule has 5 nitrogen and oxygen atoms in total. The monoisotopic (exact) mass is 267 g/mol. The molecule has 0 bridgehead atoms. The Morgan fingerprint density at radius 1 is 1.32 bits per heavy atom. The van der Waals surface area contributed by atoms with Crippen LogP contribution in [-0.4, -0.2) is 33.8 Å². The second-order valence-corrected chi connectivity index (χ2v) is 5.74. The number of carbonyl (C=O) groups excluding carboxylic acids is 2. The molecule has 106 valence electrons. The smallest absolute Gasteiger partial charge is 0.306 e. The minimum Gasteiger partial charge on any atom is -0.481 e. The number of likely N-dealkylation sites (tertiary alicyclic amines) is 1. The summed E-state index contributed by atoms with van der Waals surface area (Å²) in [6, 6.07) is -0.207. The third-order valence-corrected chi connectivity index (χ3v) is 4.90. The summed E-state index contributed by atoms with van der Waals surface area (Å²) in [4.78, 5) is 37.0. The minimum atomic E-state index is -0.821. The lowest BCUT2D eigenvalue weighted by molar-refractivity contribution is -0.146. The molecule has 19 heavy (non-hydrogen) atoms. The van der Waals surface area contributed by atoms with E-state index in [0.717, 1.165) is 0 Å². The summed E-state index contributed by atoms with van der Waals surface area (Å²) >= 11 is 0. The predicted octanol–water partition coefficient (Wildman–Crippen LogP) is 1.81. The number of carboxylic acid groups (broad SMARTS) is 1. The highest BCUT2D eigenvalue weighted by Crippen LogP contribution is 2.43. The predicted molar refractivity (Wildman–Crippen MR) is 68.2 cm³/mol. The van der Waals surface area contributed by atoms with E-state index in [1.807, 2.05) is 13.8 Å². The number of hydrogen-bond acceptors (Lipinski definition) is 3. The maximum Gasteiger partial charge on any atom is 0.306 e. The van der Waals surface area contributed by atoms with Crippen molar-refractivity contribution in [3.05, 3.63) is 0 Å². The van der Waals surface area contributed by atoms with Crippen LogP contribution in [0.5, 0.6) is 0 Å². The Hall–Kier alpha value is -1.39. The molecule has 0 spiro atoms. The maximum atomic E-state index is 12.5. The van der Waals surface area contributed by atoms with Gasteiger partial charge in [-0.1, -0.05) is 13.8 Å². The van der Waals surface area contributed by atoms with E-state index >= 15 is 0 Å². The molecule has 2 amide bonds. The first-order chi connectivity index (χ1) is 8.95. The van der Waals surface area contributed by atoms with E-state index in [9.17, 15) is 14.4 Å². The van der Waals surface area contributed by atoms with E-state index in [2.05, 4.69) is 0 Å². The van der Waals surface area contributed by atoms with Crippen molar-refractivity contribution >= 4 is 17.8 Å². The van der Waals surface area contributed by atoms with Crippen molar-refractivity contribution in [3.8, 4) is 0 Å². The molecule has 2 unspecified atom stereocenters. The van der Waals surface area contributed by atoms with Gasteiger partial charge < -0.3 is 5.11 Å². The zero-order chi connectivity index (χ0) is 14.2. The van der Waals surface area contributed by atoms with E-state index in [1.165, 1.54) is 4.90 Å². The van der Waals surface area contributed by atoms with Gasteiger partial charge in [-0.3, -0.25) is 19.3 Å². The van der Waals surface area contributed by atoms with Crippen LogP contribution in [0.1, 0.15) is 52.4 Å². The van der Waals surface area contributed by atoms with E-state index in [1.54, 1.807) is 0 Å². The third-order valence-electron chi connectivity index (χ3n) is 4.90. The molecule has 1 heterocycles. The van der Waals surface area contributed by atoms with E-state index in [-0.39, 0.29) is 24.3 Å². The molecule has 2 atom stereocenters. The highest BCUT2D eigenvalue weighted by Gasteiger charge is 2.52. The zero-order valence-corrected chi connectivity index (χ0v) is 11.5. The molecule has 1 N–H and O–H groups in total. The van der Waals surface area contributed by atoms with E-state index in [4.69, 9.17) is 5.11 Å². The summed E-state index contributed by atoms with van der Waals surface area (Å²) in [6.07, 6.45) is 3.21. The average Bonchev–Trinajstić information content (AvgIpc) is 2.93. The van der Waals surface area contributed by atoms with Crippen LogP contribution in [0.25, 0.3) is 0 Å². The lowest BCUT2D eigenvalue weighted by Gasteiger charge is -2.27. The Balaban J connectivity index is 2.16. The van der Waals surface area contributed by atoms with Crippen molar-refractivity contribution < 1.29 is 19.5 Å².